The van der Waals surface area contributed by atoms with Crippen LogP contribution in [0.1, 0.15) is 40.3 Å². The molecule has 144 valence electrons. The van der Waals surface area contributed by atoms with Gasteiger partial charge >= 0.3 is 12.1 Å². The Morgan fingerprint density at radius 3 is 2.81 bits per heavy atom. The summed E-state index contributed by atoms with van der Waals surface area (Å²) in [6.45, 7) is -1.70. The highest BCUT2D eigenvalue weighted by atomic mass is 19.4. The Morgan fingerprint density at radius 2 is 2.15 bits per heavy atom. The summed E-state index contributed by atoms with van der Waals surface area (Å²) in [6.07, 6.45) is -0.358. The van der Waals surface area contributed by atoms with E-state index in [1.165, 1.54) is 18.3 Å². The average molecular weight is 383 g/mol. The number of halogens is 3. The van der Waals surface area contributed by atoms with Gasteiger partial charge in [0, 0.05) is 23.5 Å². The van der Waals surface area contributed by atoms with E-state index >= 15 is 0 Å². The zero-order chi connectivity index (χ0) is 19.2. The van der Waals surface area contributed by atoms with Crippen LogP contribution in [0.5, 0.6) is 0 Å². The Balaban J connectivity index is 1.45. The number of hydrogen-bond donors (Lipinski definition) is 2. The number of rotatable bonds is 4. The summed E-state index contributed by atoms with van der Waals surface area (Å²) in [5.41, 5.74) is 0.313. The van der Waals surface area contributed by atoms with E-state index < -0.39 is 18.8 Å². The fourth-order valence-electron chi connectivity index (χ4n) is 3.61. The quantitative estimate of drug-likeness (QED) is 0.786. The molecule has 10 heteroatoms. The second-order valence-electron chi connectivity index (χ2n) is 6.77. The summed E-state index contributed by atoms with van der Waals surface area (Å²) in [4.78, 5) is 28.1. The molecule has 0 aromatic carbocycles. The molecule has 2 N–H and O–H groups in total. The van der Waals surface area contributed by atoms with Crippen molar-refractivity contribution in [3.05, 3.63) is 29.8 Å². The van der Waals surface area contributed by atoms with Gasteiger partial charge in [-0.05, 0) is 31.4 Å². The van der Waals surface area contributed by atoms with Crippen molar-refractivity contribution in [3.8, 4) is 0 Å². The Morgan fingerprint density at radius 1 is 1.33 bits per heavy atom. The van der Waals surface area contributed by atoms with Gasteiger partial charge in [-0.15, -0.1) is 0 Å². The number of alkyl halides is 3. The number of fused-ring (bicyclic) bond motifs is 3. The van der Waals surface area contributed by atoms with E-state index in [9.17, 15) is 22.8 Å². The smallest absolute Gasteiger partial charge is 0.422 e. The molecule has 2 fully saturated rings. The number of carbonyl (C=O) groups is 2. The number of nitrogens with one attached hydrogen (secondary N) is 2. The standard InChI is InChI=1S/C17H16F3N3O4/c18-17(19,20)7-26-16(25)13-4-8-3-12(21-6-14(8)27-13)15(24)23-11-5-9-1-2-10(11)22-9/h3-4,6,9-11,22H,1-2,5,7H2,(H,23,24)/t9-,10+,11-/m1/s1. The number of carbonyl (C=O) groups excluding carboxylic acids is 2. The zero-order valence-corrected chi connectivity index (χ0v) is 14.0. The van der Waals surface area contributed by atoms with Crippen LogP contribution in [-0.2, 0) is 4.74 Å². The minimum Gasteiger partial charge on any atom is -0.450 e. The largest absolute Gasteiger partial charge is 0.450 e. The predicted molar refractivity (Wildman–Crippen MR) is 86.2 cm³/mol. The van der Waals surface area contributed by atoms with Crippen LogP contribution in [0.25, 0.3) is 11.0 Å². The van der Waals surface area contributed by atoms with Crippen molar-refractivity contribution in [2.75, 3.05) is 6.61 Å². The lowest BCUT2D eigenvalue weighted by molar-refractivity contribution is -0.161. The first-order chi connectivity index (χ1) is 12.8. The van der Waals surface area contributed by atoms with E-state index in [4.69, 9.17) is 4.42 Å². The van der Waals surface area contributed by atoms with Crippen molar-refractivity contribution >= 4 is 22.8 Å². The van der Waals surface area contributed by atoms with Crippen LogP contribution in [0, 0.1) is 0 Å². The highest BCUT2D eigenvalue weighted by molar-refractivity contribution is 5.97. The number of hydrogen-bond acceptors (Lipinski definition) is 6. The van der Waals surface area contributed by atoms with Crippen LogP contribution >= 0.6 is 0 Å². The molecule has 2 aliphatic rings. The fourth-order valence-corrected chi connectivity index (χ4v) is 3.61. The molecule has 0 saturated carbocycles. The SMILES string of the molecule is O=C(N[C@@H]1C[C@H]2CC[C@@H]1N2)c1cc2cc(C(=O)OCC(F)(F)F)oc2cn1. The molecular weight excluding hydrogens is 367 g/mol. The third-order valence-corrected chi connectivity index (χ3v) is 4.82. The summed E-state index contributed by atoms with van der Waals surface area (Å²) in [5, 5.41) is 6.74. The summed E-state index contributed by atoms with van der Waals surface area (Å²) in [5.74, 6) is -1.97. The Hall–Kier alpha value is -2.62. The van der Waals surface area contributed by atoms with Crippen LogP contribution in [0.3, 0.4) is 0 Å². The highest BCUT2D eigenvalue weighted by Crippen LogP contribution is 2.28. The maximum atomic E-state index is 12.4. The van der Waals surface area contributed by atoms with Gasteiger partial charge in [-0.25, -0.2) is 9.78 Å². The zero-order valence-electron chi connectivity index (χ0n) is 14.0. The Labute approximate surface area is 151 Å². The van der Waals surface area contributed by atoms with E-state index in [0.717, 1.165) is 19.3 Å². The highest BCUT2D eigenvalue weighted by Gasteiger charge is 2.39. The van der Waals surface area contributed by atoms with Gasteiger partial charge in [0.05, 0.1) is 6.20 Å². The molecule has 3 atom stereocenters. The molecule has 0 aliphatic carbocycles. The maximum absolute atomic E-state index is 12.4. The van der Waals surface area contributed by atoms with Crippen molar-refractivity contribution in [2.45, 2.75) is 43.6 Å². The van der Waals surface area contributed by atoms with Gasteiger partial charge in [0.25, 0.3) is 5.91 Å². The minimum absolute atomic E-state index is 0.0472. The minimum atomic E-state index is -4.62. The number of aromatic nitrogens is 1. The lowest BCUT2D eigenvalue weighted by Gasteiger charge is -2.21. The van der Waals surface area contributed by atoms with Gasteiger partial charge in [-0.2, -0.15) is 13.2 Å². The molecule has 2 aromatic heterocycles. The molecule has 2 aliphatic heterocycles. The Kier molecular flexibility index (Phi) is 4.29. The third kappa shape index (κ3) is 3.75. The van der Waals surface area contributed by atoms with Crippen LogP contribution in [0.4, 0.5) is 13.2 Å². The van der Waals surface area contributed by atoms with Crippen LogP contribution in [0.2, 0.25) is 0 Å². The molecule has 0 unspecified atom stereocenters. The lowest BCUT2D eigenvalue weighted by Crippen LogP contribution is -2.43. The molecule has 2 bridgehead atoms. The molecular formula is C17H16F3N3O4. The fraction of sp³-hybridized carbons (Fsp3) is 0.471. The molecule has 7 nitrogen and oxygen atoms in total. The van der Waals surface area contributed by atoms with Gasteiger partial charge < -0.3 is 19.8 Å². The first-order valence-electron chi connectivity index (χ1n) is 8.49. The molecule has 0 radical (unpaired) electrons. The van der Waals surface area contributed by atoms with Crippen molar-refractivity contribution in [1.29, 1.82) is 0 Å². The molecule has 4 rings (SSSR count). The van der Waals surface area contributed by atoms with Crippen molar-refractivity contribution in [2.24, 2.45) is 0 Å². The van der Waals surface area contributed by atoms with E-state index in [1.807, 2.05) is 0 Å². The van der Waals surface area contributed by atoms with Crippen LogP contribution < -0.4 is 10.6 Å². The number of pyridine rings is 1. The summed E-state index contributed by atoms with van der Waals surface area (Å²) in [6, 6.07) is 3.41. The van der Waals surface area contributed by atoms with Gasteiger partial charge in [0.1, 0.15) is 5.69 Å². The van der Waals surface area contributed by atoms with E-state index in [0.29, 0.717) is 11.4 Å². The molecule has 2 saturated heterocycles. The molecule has 1 amide bonds. The second-order valence-corrected chi connectivity index (χ2v) is 6.77. The van der Waals surface area contributed by atoms with E-state index in [1.54, 1.807) is 0 Å². The van der Waals surface area contributed by atoms with Crippen molar-refractivity contribution < 1.29 is 31.9 Å². The van der Waals surface area contributed by atoms with Gasteiger partial charge in [-0.3, -0.25) is 4.79 Å². The number of ether oxygens (including phenoxy) is 1. The first-order valence-corrected chi connectivity index (χ1v) is 8.49. The maximum Gasteiger partial charge on any atom is 0.422 e. The monoisotopic (exact) mass is 383 g/mol. The van der Waals surface area contributed by atoms with Crippen LogP contribution in [0.15, 0.2) is 22.7 Å². The summed E-state index contributed by atoms with van der Waals surface area (Å²) in [7, 11) is 0. The molecule has 27 heavy (non-hydrogen) atoms. The summed E-state index contributed by atoms with van der Waals surface area (Å²) >= 11 is 0. The van der Waals surface area contributed by atoms with Crippen LogP contribution in [-0.4, -0.2) is 47.8 Å². The number of amides is 1. The summed E-state index contributed by atoms with van der Waals surface area (Å²) < 4.78 is 45.7. The number of furan rings is 1. The second kappa shape index (κ2) is 6.52. The molecule has 0 spiro atoms. The lowest BCUT2D eigenvalue weighted by atomic mass is 9.95. The first kappa shape index (κ1) is 17.8. The van der Waals surface area contributed by atoms with Gasteiger partial charge in [0.15, 0.2) is 12.2 Å². The predicted octanol–water partition coefficient (Wildman–Crippen LogP) is 2.17. The Bertz CT molecular complexity index is 895. The van der Waals surface area contributed by atoms with Crippen molar-refractivity contribution in [1.82, 2.24) is 15.6 Å². The van der Waals surface area contributed by atoms with Crippen molar-refractivity contribution in [3.63, 3.8) is 0 Å². The average Bonchev–Trinajstić information content (AvgIpc) is 3.32. The number of esters is 1. The van der Waals surface area contributed by atoms with Gasteiger partial charge in [-0.1, -0.05) is 0 Å². The van der Waals surface area contributed by atoms with E-state index in [-0.39, 0.29) is 35.0 Å². The normalized spacial score (nSPS) is 24.3. The number of nitrogens with zero attached hydrogens (tertiary/aromatic N) is 1. The third-order valence-electron chi connectivity index (χ3n) is 4.82. The molecule has 4 heterocycles. The topological polar surface area (TPSA) is 93.5 Å². The van der Waals surface area contributed by atoms with E-state index in [2.05, 4.69) is 20.4 Å². The molecule has 2 aromatic rings. The van der Waals surface area contributed by atoms with Gasteiger partial charge in [0.2, 0.25) is 5.76 Å².